The number of rotatable bonds is 3. The van der Waals surface area contributed by atoms with E-state index in [4.69, 9.17) is 4.74 Å². The highest BCUT2D eigenvalue weighted by atomic mass is 79.9. The van der Waals surface area contributed by atoms with E-state index < -0.39 is 11.9 Å². The van der Waals surface area contributed by atoms with E-state index in [1.54, 1.807) is 6.92 Å². The minimum Gasteiger partial charge on any atom is -0.484 e. The van der Waals surface area contributed by atoms with Crippen LogP contribution in [0.1, 0.15) is 18.7 Å². The van der Waals surface area contributed by atoms with Crippen LogP contribution in [0.25, 0.3) is 0 Å². The van der Waals surface area contributed by atoms with Gasteiger partial charge in [-0.2, -0.15) is 0 Å². The van der Waals surface area contributed by atoms with Gasteiger partial charge < -0.3 is 4.74 Å². The molecule has 1 atom stereocenters. The summed E-state index contributed by atoms with van der Waals surface area (Å²) in [4.78, 5) is 7.60. The molecule has 2 aromatic rings. The van der Waals surface area contributed by atoms with Gasteiger partial charge in [0.05, 0.1) is 0 Å². The Labute approximate surface area is 107 Å². The number of para-hydroxylation sites is 1. The van der Waals surface area contributed by atoms with Crippen LogP contribution in [-0.4, -0.2) is 9.97 Å². The predicted octanol–water partition coefficient (Wildman–Crippen LogP) is 3.52. The van der Waals surface area contributed by atoms with Crippen molar-refractivity contribution < 1.29 is 9.13 Å². The molecule has 0 aliphatic rings. The van der Waals surface area contributed by atoms with E-state index in [1.807, 2.05) is 30.3 Å². The van der Waals surface area contributed by atoms with Gasteiger partial charge in [-0.3, -0.25) is 0 Å². The first-order chi connectivity index (χ1) is 8.18. The van der Waals surface area contributed by atoms with Gasteiger partial charge in [-0.05, 0) is 35.0 Å². The molecule has 0 N–H and O–H groups in total. The molecule has 0 fully saturated rings. The van der Waals surface area contributed by atoms with Crippen LogP contribution in [0.2, 0.25) is 0 Å². The first-order valence-electron chi connectivity index (χ1n) is 5.06. The van der Waals surface area contributed by atoms with Gasteiger partial charge in [0, 0.05) is 0 Å². The summed E-state index contributed by atoms with van der Waals surface area (Å²) in [5.41, 5.74) is 0.232. The maximum Gasteiger partial charge on any atom is 0.181 e. The lowest BCUT2D eigenvalue weighted by atomic mass is 10.2. The fourth-order valence-electron chi connectivity index (χ4n) is 1.40. The smallest absolute Gasteiger partial charge is 0.181 e. The maximum atomic E-state index is 13.7. The molecule has 0 spiro atoms. The fraction of sp³-hybridized carbons (Fsp3) is 0.167. The second-order valence-corrected chi connectivity index (χ2v) is 4.19. The van der Waals surface area contributed by atoms with Crippen molar-refractivity contribution in [3.63, 3.8) is 0 Å². The molecule has 3 nitrogen and oxygen atoms in total. The van der Waals surface area contributed by atoms with Crippen molar-refractivity contribution in [2.75, 3.05) is 0 Å². The molecule has 2 rings (SSSR count). The van der Waals surface area contributed by atoms with E-state index in [0.717, 1.165) is 0 Å². The van der Waals surface area contributed by atoms with E-state index >= 15 is 0 Å². The molecule has 0 saturated heterocycles. The lowest BCUT2D eigenvalue weighted by Crippen LogP contribution is -2.09. The zero-order valence-corrected chi connectivity index (χ0v) is 10.7. The van der Waals surface area contributed by atoms with Crippen molar-refractivity contribution in [1.29, 1.82) is 0 Å². The Bertz CT molecular complexity index is 507. The number of aromatic nitrogens is 2. The highest BCUT2D eigenvalue weighted by Gasteiger charge is 2.17. The molecule has 1 aromatic heterocycles. The number of halogens is 2. The highest BCUT2D eigenvalue weighted by molar-refractivity contribution is 9.10. The molecule has 0 radical (unpaired) electrons. The quantitative estimate of drug-likeness (QED) is 0.813. The van der Waals surface area contributed by atoms with Gasteiger partial charge in [0.2, 0.25) is 0 Å². The average Bonchev–Trinajstić information content (AvgIpc) is 2.34. The normalized spacial score (nSPS) is 12.2. The van der Waals surface area contributed by atoms with Gasteiger partial charge >= 0.3 is 0 Å². The van der Waals surface area contributed by atoms with Crippen molar-refractivity contribution in [3.05, 3.63) is 52.8 Å². The second kappa shape index (κ2) is 5.23. The van der Waals surface area contributed by atoms with E-state index in [0.29, 0.717) is 5.75 Å². The molecule has 0 aliphatic heterocycles. The van der Waals surface area contributed by atoms with Crippen LogP contribution in [0.5, 0.6) is 5.75 Å². The lowest BCUT2D eigenvalue weighted by Gasteiger charge is -2.14. The number of ether oxygens (including phenoxy) is 1. The van der Waals surface area contributed by atoms with Crippen LogP contribution in [0.15, 0.2) is 41.3 Å². The monoisotopic (exact) mass is 296 g/mol. The topological polar surface area (TPSA) is 35.0 Å². The lowest BCUT2D eigenvalue weighted by molar-refractivity contribution is 0.215. The third kappa shape index (κ3) is 2.79. The maximum absolute atomic E-state index is 13.7. The number of benzene rings is 1. The molecule has 1 unspecified atom stereocenters. The minimum atomic E-state index is -0.490. The molecule has 0 aliphatic carbocycles. The molecule has 0 bridgehead atoms. The standard InChI is InChI=1S/C12H10BrFN2O/c1-8(17-9-5-3-2-4-6-9)11-10(14)12(13)16-7-15-11/h2-8H,1H3. The summed E-state index contributed by atoms with van der Waals surface area (Å²) in [7, 11) is 0. The zero-order chi connectivity index (χ0) is 12.3. The highest BCUT2D eigenvalue weighted by Crippen LogP contribution is 2.24. The zero-order valence-electron chi connectivity index (χ0n) is 9.10. The molecule has 0 amide bonds. The molecule has 5 heteroatoms. The molecule has 0 saturated carbocycles. The molecule has 17 heavy (non-hydrogen) atoms. The summed E-state index contributed by atoms with van der Waals surface area (Å²) in [5.74, 6) is 0.185. The summed E-state index contributed by atoms with van der Waals surface area (Å²) < 4.78 is 19.4. The summed E-state index contributed by atoms with van der Waals surface area (Å²) in [6, 6.07) is 9.22. The van der Waals surface area contributed by atoms with Crippen LogP contribution in [0.4, 0.5) is 4.39 Å². The van der Waals surface area contributed by atoms with Gasteiger partial charge in [0.15, 0.2) is 5.82 Å². The first kappa shape index (κ1) is 12.0. The SMILES string of the molecule is CC(Oc1ccccc1)c1ncnc(Br)c1F. The van der Waals surface area contributed by atoms with E-state index in [2.05, 4.69) is 25.9 Å². The van der Waals surface area contributed by atoms with Crippen molar-refractivity contribution in [1.82, 2.24) is 9.97 Å². The van der Waals surface area contributed by atoms with E-state index in [1.165, 1.54) is 6.33 Å². The molecule has 1 heterocycles. The Balaban J connectivity index is 2.20. The van der Waals surface area contributed by atoms with Gasteiger partial charge in [0.25, 0.3) is 0 Å². The van der Waals surface area contributed by atoms with Gasteiger partial charge in [0.1, 0.15) is 28.5 Å². The fourth-order valence-corrected chi connectivity index (χ4v) is 1.70. The Hall–Kier alpha value is -1.49. The Morgan fingerprint density at radius 1 is 1.24 bits per heavy atom. The third-order valence-electron chi connectivity index (χ3n) is 2.22. The summed E-state index contributed by atoms with van der Waals surface area (Å²) in [6.07, 6.45) is 0.824. The third-order valence-corrected chi connectivity index (χ3v) is 2.77. The average molecular weight is 297 g/mol. The minimum absolute atomic E-state index is 0.144. The Morgan fingerprint density at radius 3 is 2.65 bits per heavy atom. The summed E-state index contributed by atoms with van der Waals surface area (Å²) in [5, 5.41) is 0. The number of hydrogen-bond donors (Lipinski definition) is 0. The molecular weight excluding hydrogens is 287 g/mol. The summed E-state index contributed by atoms with van der Waals surface area (Å²) >= 11 is 3.02. The largest absolute Gasteiger partial charge is 0.484 e. The first-order valence-corrected chi connectivity index (χ1v) is 5.85. The Morgan fingerprint density at radius 2 is 1.94 bits per heavy atom. The summed E-state index contributed by atoms with van der Waals surface area (Å²) in [6.45, 7) is 1.74. The van der Waals surface area contributed by atoms with Crippen LogP contribution in [-0.2, 0) is 0 Å². The molecular formula is C12H10BrFN2O. The van der Waals surface area contributed by atoms with Crippen molar-refractivity contribution >= 4 is 15.9 Å². The van der Waals surface area contributed by atoms with E-state index in [9.17, 15) is 4.39 Å². The Kier molecular flexibility index (Phi) is 3.68. The van der Waals surface area contributed by atoms with Crippen molar-refractivity contribution in [3.8, 4) is 5.75 Å². The molecule has 1 aromatic carbocycles. The molecule has 88 valence electrons. The van der Waals surface area contributed by atoms with Gasteiger partial charge in [-0.25, -0.2) is 14.4 Å². The van der Waals surface area contributed by atoms with Crippen LogP contribution in [0, 0.1) is 5.82 Å². The predicted molar refractivity (Wildman–Crippen MR) is 65.2 cm³/mol. The van der Waals surface area contributed by atoms with Crippen LogP contribution < -0.4 is 4.74 Å². The number of hydrogen-bond acceptors (Lipinski definition) is 3. The van der Waals surface area contributed by atoms with Crippen molar-refractivity contribution in [2.24, 2.45) is 0 Å². The van der Waals surface area contributed by atoms with Gasteiger partial charge in [-0.15, -0.1) is 0 Å². The number of nitrogens with zero attached hydrogens (tertiary/aromatic N) is 2. The van der Waals surface area contributed by atoms with Crippen LogP contribution in [0.3, 0.4) is 0 Å². The second-order valence-electron chi connectivity index (χ2n) is 3.44. The van der Waals surface area contributed by atoms with Crippen LogP contribution >= 0.6 is 15.9 Å². The van der Waals surface area contributed by atoms with E-state index in [-0.39, 0.29) is 10.3 Å². The van der Waals surface area contributed by atoms with Crippen molar-refractivity contribution in [2.45, 2.75) is 13.0 Å². The van der Waals surface area contributed by atoms with Gasteiger partial charge in [-0.1, -0.05) is 18.2 Å².